The molecule has 2 aliphatic rings. The molecule has 2 bridgehead atoms. The third-order valence-corrected chi connectivity index (χ3v) is 5.93. The van der Waals surface area contributed by atoms with Gasteiger partial charge in [0, 0.05) is 16.6 Å². The molecule has 2 fully saturated rings. The molecule has 2 aromatic carbocycles. The van der Waals surface area contributed by atoms with Crippen molar-refractivity contribution >= 4 is 29.2 Å². The number of halogens is 1. The Morgan fingerprint density at radius 1 is 1.00 bits per heavy atom. The zero-order valence-corrected chi connectivity index (χ0v) is 14.9. The predicted octanol–water partition coefficient (Wildman–Crippen LogP) is 5.19. The summed E-state index contributed by atoms with van der Waals surface area (Å²) in [4.78, 5) is 13.1. The normalized spacial score (nSPS) is 25.2. The maximum Gasteiger partial charge on any atom is 0.252 e. The molecular weight excluding hydrogens is 330 g/mol. The highest BCUT2D eigenvalue weighted by Gasteiger charge is 2.40. The maximum absolute atomic E-state index is 13.1. The number of amides is 1. The van der Waals surface area contributed by atoms with E-state index in [0.29, 0.717) is 22.6 Å². The van der Waals surface area contributed by atoms with Crippen molar-refractivity contribution in [2.45, 2.75) is 31.7 Å². The van der Waals surface area contributed by atoms with Crippen LogP contribution in [-0.2, 0) is 4.79 Å². The minimum atomic E-state index is 0.00340. The summed E-state index contributed by atoms with van der Waals surface area (Å²) >= 11 is 6.31. The zero-order valence-electron chi connectivity index (χ0n) is 14.1. The minimum absolute atomic E-state index is 0.00340. The van der Waals surface area contributed by atoms with Gasteiger partial charge in [-0.15, -0.1) is 0 Å². The second kappa shape index (κ2) is 7.05. The summed E-state index contributed by atoms with van der Waals surface area (Å²) in [5, 5.41) is 3.95. The van der Waals surface area contributed by atoms with Crippen LogP contribution in [0, 0.1) is 11.8 Å². The molecule has 1 N–H and O–H groups in total. The number of rotatable bonds is 4. The first kappa shape index (κ1) is 16.4. The van der Waals surface area contributed by atoms with Gasteiger partial charge in [0.05, 0.1) is 0 Å². The Kier molecular flexibility index (Phi) is 4.63. The van der Waals surface area contributed by atoms with Crippen LogP contribution in [-0.4, -0.2) is 11.9 Å². The van der Waals surface area contributed by atoms with Gasteiger partial charge in [-0.1, -0.05) is 66.6 Å². The number of fused-ring (bicyclic) bond motifs is 2. The average molecular weight is 352 g/mol. The molecule has 4 rings (SSSR count). The number of nitrogens with one attached hydrogen (secondary N) is 1. The largest absolute Gasteiger partial charge is 0.349 e. The first-order valence-corrected chi connectivity index (χ1v) is 9.41. The quantitative estimate of drug-likeness (QED) is 0.596. The summed E-state index contributed by atoms with van der Waals surface area (Å²) in [6.07, 6.45) is 6.90. The van der Waals surface area contributed by atoms with Gasteiger partial charge in [-0.3, -0.25) is 4.79 Å². The number of hydrogen-bond donors (Lipinski definition) is 1. The molecule has 0 heterocycles. The lowest BCUT2D eigenvalue weighted by atomic mass is 9.94. The smallest absolute Gasteiger partial charge is 0.252 e. The average Bonchev–Trinajstić information content (AvgIpc) is 3.24. The molecule has 2 nitrogen and oxygen atoms in total. The molecule has 0 saturated heterocycles. The van der Waals surface area contributed by atoms with Crippen LogP contribution in [0.1, 0.15) is 36.8 Å². The van der Waals surface area contributed by atoms with Crippen molar-refractivity contribution in [2.24, 2.45) is 11.8 Å². The molecule has 3 heteroatoms. The number of carbonyl (C=O) groups excluding carboxylic acids is 1. The Morgan fingerprint density at radius 3 is 2.44 bits per heavy atom. The van der Waals surface area contributed by atoms with E-state index in [1.165, 1.54) is 19.3 Å². The van der Waals surface area contributed by atoms with Crippen molar-refractivity contribution in [3.05, 3.63) is 70.7 Å². The third kappa shape index (κ3) is 3.50. The van der Waals surface area contributed by atoms with E-state index in [1.54, 1.807) is 0 Å². The van der Waals surface area contributed by atoms with E-state index in [-0.39, 0.29) is 5.91 Å². The van der Waals surface area contributed by atoms with Crippen molar-refractivity contribution in [1.29, 1.82) is 0 Å². The summed E-state index contributed by atoms with van der Waals surface area (Å²) in [6, 6.07) is 17.8. The van der Waals surface area contributed by atoms with E-state index >= 15 is 0 Å². The van der Waals surface area contributed by atoms with Crippen LogP contribution < -0.4 is 5.32 Å². The van der Waals surface area contributed by atoms with Crippen molar-refractivity contribution < 1.29 is 4.79 Å². The van der Waals surface area contributed by atoms with E-state index in [0.717, 1.165) is 23.5 Å². The van der Waals surface area contributed by atoms with Crippen molar-refractivity contribution in [3.8, 4) is 0 Å². The number of hydrogen-bond acceptors (Lipinski definition) is 1. The van der Waals surface area contributed by atoms with Crippen LogP contribution in [0.4, 0.5) is 0 Å². The highest BCUT2D eigenvalue weighted by molar-refractivity contribution is 6.33. The Hall–Kier alpha value is -2.06. The van der Waals surface area contributed by atoms with Gasteiger partial charge < -0.3 is 5.32 Å². The molecule has 0 spiro atoms. The highest BCUT2D eigenvalue weighted by Crippen LogP contribution is 2.44. The lowest BCUT2D eigenvalue weighted by Gasteiger charge is -2.23. The Morgan fingerprint density at radius 2 is 1.76 bits per heavy atom. The zero-order chi connectivity index (χ0) is 17.2. The van der Waals surface area contributed by atoms with E-state index < -0.39 is 0 Å². The molecule has 0 unspecified atom stereocenters. The van der Waals surface area contributed by atoms with Crippen molar-refractivity contribution in [3.63, 3.8) is 0 Å². The fourth-order valence-corrected chi connectivity index (χ4v) is 4.50. The summed E-state index contributed by atoms with van der Waals surface area (Å²) in [5.41, 5.74) is 2.46. The second-order valence-corrected chi connectivity index (χ2v) is 7.61. The number of carbonyl (C=O) groups is 1. The Labute approximate surface area is 153 Å². The van der Waals surface area contributed by atoms with Crippen LogP contribution >= 0.6 is 11.6 Å². The van der Waals surface area contributed by atoms with Gasteiger partial charge in [0.25, 0.3) is 5.91 Å². The minimum Gasteiger partial charge on any atom is -0.349 e. The van der Waals surface area contributed by atoms with E-state index in [9.17, 15) is 4.79 Å². The summed E-state index contributed by atoms with van der Waals surface area (Å²) < 4.78 is 0. The van der Waals surface area contributed by atoms with Gasteiger partial charge in [-0.05, 0) is 54.4 Å². The molecule has 1 amide bonds. The molecule has 2 saturated carbocycles. The number of benzene rings is 2. The van der Waals surface area contributed by atoms with Crippen LogP contribution in [0.25, 0.3) is 11.6 Å². The molecule has 2 aromatic rings. The lowest BCUT2D eigenvalue weighted by Crippen LogP contribution is -2.38. The molecule has 0 radical (unpaired) electrons. The van der Waals surface area contributed by atoms with Crippen LogP contribution in [0.5, 0.6) is 0 Å². The molecule has 3 atom stereocenters. The standard InChI is InChI=1S/C22H22ClNO/c23-20-9-5-4-8-17(20)14-19(16-6-2-1-3-7-16)22(25)24-21-13-15-10-11-18(21)12-15/h1-9,14-15,18,21H,10-13H2,(H,24,25)/b19-14+/t15-,18-,21-/m0/s1. The Balaban J connectivity index is 1.63. The van der Waals surface area contributed by atoms with Crippen LogP contribution in [0.15, 0.2) is 54.6 Å². The molecule has 0 aliphatic heterocycles. The molecule has 128 valence electrons. The third-order valence-electron chi connectivity index (χ3n) is 5.59. The van der Waals surface area contributed by atoms with E-state index in [2.05, 4.69) is 5.32 Å². The van der Waals surface area contributed by atoms with Gasteiger partial charge in [0.15, 0.2) is 0 Å². The first-order chi connectivity index (χ1) is 12.2. The van der Waals surface area contributed by atoms with Crippen LogP contribution in [0.2, 0.25) is 5.02 Å². The molecule has 0 aromatic heterocycles. The van der Waals surface area contributed by atoms with E-state index in [1.807, 2.05) is 60.7 Å². The van der Waals surface area contributed by atoms with E-state index in [4.69, 9.17) is 11.6 Å². The SMILES string of the molecule is O=C(N[C@H]1C[C@H]2CC[C@H]1C2)/C(=C/c1ccccc1Cl)c1ccccc1. The van der Waals surface area contributed by atoms with Crippen molar-refractivity contribution in [2.75, 3.05) is 0 Å². The lowest BCUT2D eigenvalue weighted by molar-refractivity contribution is -0.116. The van der Waals surface area contributed by atoms with Crippen LogP contribution in [0.3, 0.4) is 0 Å². The van der Waals surface area contributed by atoms with Gasteiger partial charge in [0.1, 0.15) is 0 Å². The van der Waals surface area contributed by atoms with Gasteiger partial charge in [0.2, 0.25) is 0 Å². The summed E-state index contributed by atoms with van der Waals surface area (Å²) in [6.45, 7) is 0. The molecule has 25 heavy (non-hydrogen) atoms. The van der Waals surface area contributed by atoms with Gasteiger partial charge in [-0.2, -0.15) is 0 Å². The Bertz CT molecular complexity index is 799. The first-order valence-electron chi connectivity index (χ1n) is 9.03. The fraction of sp³-hybridized carbons (Fsp3) is 0.318. The monoisotopic (exact) mass is 351 g/mol. The highest BCUT2D eigenvalue weighted by atomic mass is 35.5. The van der Waals surface area contributed by atoms with Gasteiger partial charge >= 0.3 is 0 Å². The fourth-order valence-electron chi connectivity index (χ4n) is 4.31. The van der Waals surface area contributed by atoms with Crippen molar-refractivity contribution in [1.82, 2.24) is 5.32 Å². The predicted molar refractivity (Wildman–Crippen MR) is 103 cm³/mol. The molecular formula is C22H22ClNO. The summed E-state index contributed by atoms with van der Waals surface area (Å²) in [7, 11) is 0. The van der Waals surface area contributed by atoms with Gasteiger partial charge in [-0.25, -0.2) is 0 Å². The molecule has 2 aliphatic carbocycles. The second-order valence-electron chi connectivity index (χ2n) is 7.20. The summed E-state index contributed by atoms with van der Waals surface area (Å²) in [5.74, 6) is 1.47. The topological polar surface area (TPSA) is 29.1 Å². The maximum atomic E-state index is 13.1.